The van der Waals surface area contributed by atoms with Gasteiger partial charge in [0.1, 0.15) is 0 Å². The van der Waals surface area contributed by atoms with Gasteiger partial charge in [0.25, 0.3) is 10.0 Å². The Balaban J connectivity index is 2.09. The summed E-state index contributed by atoms with van der Waals surface area (Å²) in [6.45, 7) is 5.11. The average molecular weight is 455 g/mol. The molecule has 0 heterocycles. The first-order valence-corrected chi connectivity index (χ1v) is 10.9. The predicted octanol–water partition coefficient (Wildman–Crippen LogP) is 4.34. The van der Waals surface area contributed by atoms with E-state index in [1.165, 1.54) is 18.3 Å². The second-order valence-electron chi connectivity index (χ2n) is 5.65. The van der Waals surface area contributed by atoms with Gasteiger partial charge in [-0.3, -0.25) is 0 Å². The summed E-state index contributed by atoms with van der Waals surface area (Å²) in [7, 11) is -3.72. The maximum atomic E-state index is 12.2. The molecule has 2 aromatic carbocycles. The van der Waals surface area contributed by atoms with Crippen LogP contribution in [0.4, 0.5) is 0 Å². The molecule has 8 heteroatoms. The monoisotopic (exact) mass is 454 g/mol. The van der Waals surface area contributed by atoms with Gasteiger partial charge in [-0.25, -0.2) is 4.83 Å². The Bertz CT molecular complexity index is 868. The molecular formula is C19H23BrN2O4S. The maximum Gasteiger partial charge on any atom is 0.276 e. The minimum atomic E-state index is -3.72. The number of nitrogens with zero attached hydrogens (tertiary/aromatic N) is 1. The summed E-state index contributed by atoms with van der Waals surface area (Å²) < 4.78 is 36.6. The van der Waals surface area contributed by atoms with Crippen LogP contribution in [0.25, 0.3) is 0 Å². The highest BCUT2D eigenvalue weighted by molar-refractivity contribution is 9.10. The summed E-state index contributed by atoms with van der Waals surface area (Å²) in [5.41, 5.74) is 0.694. The van der Waals surface area contributed by atoms with Gasteiger partial charge in [-0.15, -0.1) is 0 Å². The zero-order valence-corrected chi connectivity index (χ0v) is 17.7. The number of nitrogens with one attached hydrogen (secondary N) is 1. The summed E-state index contributed by atoms with van der Waals surface area (Å²) in [4.78, 5) is 2.34. The van der Waals surface area contributed by atoms with Crippen molar-refractivity contribution in [1.29, 1.82) is 0 Å². The summed E-state index contributed by atoms with van der Waals surface area (Å²) >= 11 is 3.27. The Labute approximate surface area is 168 Å². The molecule has 1 N–H and O–H groups in total. The third-order valence-electron chi connectivity index (χ3n) is 3.53. The molecule has 146 valence electrons. The number of hydrazone groups is 1. The van der Waals surface area contributed by atoms with Crippen LogP contribution < -0.4 is 14.3 Å². The maximum absolute atomic E-state index is 12.2. The molecule has 0 spiro atoms. The van der Waals surface area contributed by atoms with Gasteiger partial charge < -0.3 is 9.47 Å². The van der Waals surface area contributed by atoms with Gasteiger partial charge in [0.2, 0.25) is 0 Å². The molecular weight excluding hydrogens is 432 g/mol. The van der Waals surface area contributed by atoms with Crippen LogP contribution in [0.1, 0.15) is 32.3 Å². The lowest BCUT2D eigenvalue weighted by Gasteiger charge is -2.12. The van der Waals surface area contributed by atoms with E-state index in [0.29, 0.717) is 30.3 Å². The predicted molar refractivity (Wildman–Crippen MR) is 110 cm³/mol. The number of unbranched alkanes of at least 4 members (excludes halogenated alkanes) is 1. The van der Waals surface area contributed by atoms with E-state index in [0.717, 1.165) is 17.3 Å². The molecule has 27 heavy (non-hydrogen) atoms. The van der Waals surface area contributed by atoms with E-state index in [1.54, 1.807) is 30.3 Å². The standard InChI is InChI=1S/C19H23BrN2O4S/c1-3-5-12-26-18-11-6-15(13-19(18)25-4-2)14-21-22-27(23,24)17-9-7-16(20)8-10-17/h6-11,13-14,22H,3-5,12H2,1-2H3/b21-14+. The average Bonchev–Trinajstić information content (AvgIpc) is 2.64. The number of hydrogen-bond acceptors (Lipinski definition) is 5. The van der Waals surface area contributed by atoms with Crippen molar-refractivity contribution < 1.29 is 17.9 Å². The van der Waals surface area contributed by atoms with Gasteiger partial charge in [0.15, 0.2) is 11.5 Å². The molecule has 0 radical (unpaired) electrons. The SMILES string of the molecule is CCCCOc1ccc(/C=N/NS(=O)(=O)c2ccc(Br)cc2)cc1OCC. The first kappa shape index (κ1) is 21.2. The highest BCUT2D eigenvalue weighted by atomic mass is 79.9. The molecule has 0 fully saturated rings. The van der Waals surface area contributed by atoms with E-state index in [2.05, 4.69) is 32.8 Å². The van der Waals surface area contributed by atoms with E-state index in [-0.39, 0.29) is 4.90 Å². The Kier molecular flexibility index (Phi) is 8.12. The molecule has 0 atom stereocenters. The number of hydrogen-bond donors (Lipinski definition) is 1. The van der Waals surface area contributed by atoms with Crippen LogP contribution in [0.3, 0.4) is 0 Å². The van der Waals surface area contributed by atoms with Gasteiger partial charge in [0, 0.05) is 4.47 Å². The van der Waals surface area contributed by atoms with Crippen molar-refractivity contribution in [3.05, 3.63) is 52.5 Å². The van der Waals surface area contributed by atoms with Gasteiger partial charge >= 0.3 is 0 Å². The van der Waals surface area contributed by atoms with E-state index in [9.17, 15) is 8.42 Å². The summed E-state index contributed by atoms with van der Waals surface area (Å²) in [6, 6.07) is 11.7. The van der Waals surface area contributed by atoms with Crippen molar-refractivity contribution in [2.45, 2.75) is 31.6 Å². The molecule has 6 nitrogen and oxygen atoms in total. The second-order valence-corrected chi connectivity index (χ2v) is 8.22. The lowest BCUT2D eigenvalue weighted by atomic mass is 10.2. The number of rotatable bonds is 10. The third kappa shape index (κ3) is 6.55. The molecule has 0 amide bonds. The largest absolute Gasteiger partial charge is 0.490 e. The van der Waals surface area contributed by atoms with E-state index in [1.807, 2.05) is 6.92 Å². The topological polar surface area (TPSA) is 77.0 Å². The van der Waals surface area contributed by atoms with E-state index in [4.69, 9.17) is 9.47 Å². The molecule has 0 bridgehead atoms. The Morgan fingerprint density at radius 2 is 1.81 bits per heavy atom. The number of benzene rings is 2. The first-order chi connectivity index (χ1) is 13.0. The van der Waals surface area contributed by atoms with Crippen molar-refractivity contribution in [1.82, 2.24) is 4.83 Å². The zero-order valence-electron chi connectivity index (χ0n) is 15.3. The van der Waals surface area contributed by atoms with Gasteiger partial charge in [-0.1, -0.05) is 29.3 Å². The van der Waals surface area contributed by atoms with Crippen molar-refractivity contribution in [2.75, 3.05) is 13.2 Å². The van der Waals surface area contributed by atoms with Crippen LogP contribution >= 0.6 is 15.9 Å². The molecule has 0 aliphatic carbocycles. The Hall–Kier alpha value is -2.06. The van der Waals surface area contributed by atoms with E-state index >= 15 is 0 Å². The summed E-state index contributed by atoms with van der Waals surface area (Å²) in [5, 5.41) is 3.85. The van der Waals surface area contributed by atoms with Crippen LogP contribution in [-0.4, -0.2) is 27.8 Å². The number of halogens is 1. The molecule has 0 aromatic heterocycles. The summed E-state index contributed by atoms with van der Waals surface area (Å²) in [5.74, 6) is 1.27. The lowest BCUT2D eigenvalue weighted by molar-refractivity contribution is 0.272. The van der Waals surface area contributed by atoms with E-state index < -0.39 is 10.0 Å². The number of sulfonamides is 1. The normalized spacial score (nSPS) is 11.5. The molecule has 0 aliphatic rings. The van der Waals surface area contributed by atoms with Crippen molar-refractivity contribution in [3.63, 3.8) is 0 Å². The highest BCUT2D eigenvalue weighted by Gasteiger charge is 2.12. The smallest absolute Gasteiger partial charge is 0.276 e. The summed E-state index contributed by atoms with van der Waals surface area (Å²) in [6.07, 6.45) is 3.44. The lowest BCUT2D eigenvalue weighted by Crippen LogP contribution is -2.18. The minimum absolute atomic E-state index is 0.137. The van der Waals surface area contributed by atoms with Crippen LogP contribution in [0, 0.1) is 0 Å². The fraction of sp³-hybridized carbons (Fsp3) is 0.316. The fourth-order valence-electron chi connectivity index (χ4n) is 2.16. The van der Waals surface area contributed by atoms with Crippen LogP contribution in [0.2, 0.25) is 0 Å². The second kappa shape index (κ2) is 10.3. The van der Waals surface area contributed by atoms with Gasteiger partial charge in [-0.05, 0) is 61.4 Å². The number of ether oxygens (including phenoxy) is 2. The van der Waals surface area contributed by atoms with Crippen molar-refractivity contribution in [2.24, 2.45) is 5.10 Å². The van der Waals surface area contributed by atoms with Gasteiger partial charge in [-0.2, -0.15) is 13.5 Å². The Morgan fingerprint density at radius 1 is 1.07 bits per heavy atom. The molecule has 0 unspecified atom stereocenters. The zero-order chi connectivity index (χ0) is 19.7. The van der Waals surface area contributed by atoms with Crippen molar-refractivity contribution >= 4 is 32.2 Å². The first-order valence-electron chi connectivity index (χ1n) is 8.66. The molecule has 0 saturated carbocycles. The van der Waals surface area contributed by atoms with Crippen molar-refractivity contribution in [3.8, 4) is 11.5 Å². The fourth-order valence-corrected chi connectivity index (χ4v) is 3.21. The molecule has 2 aromatic rings. The third-order valence-corrected chi connectivity index (χ3v) is 5.30. The van der Waals surface area contributed by atoms with Gasteiger partial charge in [0.05, 0.1) is 24.3 Å². The highest BCUT2D eigenvalue weighted by Crippen LogP contribution is 2.28. The molecule has 2 rings (SSSR count). The van der Waals surface area contributed by atoms with Crippen LogP contribution in [0.5, 0.6) is 11.5 Å². The molecule has 0 saturated heterocycles. The molecule has 0 aliphatic heterocycles. The minimum Gasteiger partial charge on any atom is -0.490 e. The Morgan fingerprint density at radius 3 is 2.48 bits per heavy atom. The van der Waals surface area contributed by atoms with Crippen LogP contribution in [0.15, 0.2) is 56.9 Å². The van der Waals surface area contributed by atoms with Crippen LogP contribution in [-0.2, 0) is 10.0 Å². The quantitative estimate of drug-likeness (QED) is 0.329.